The van der Waals surface area contributed by atoms with Crippen LogP contribution in [0.1, 0.15) is 48.4 Å². The summed E-state index contributed by atoms with van der Waals surface area (Å²) in [5.74, 6) is -2.53. The minimum absolute atomic E-state index is 0.0772. The maximum Gasteiger partial charge on any atom is 0.514 e. The average Bonchev–Trinajstić information content (AvgIpc) is 2.71. The van der Waals surface area contributed by atoms with Crippen molar-refractivity contribution in [3.8, 4) is 11.5 Å². The molecule has 0 aliphatic heterocycles. The molecule has 2 aromatic carbocycles. The standard InChI is InChI=1S/C22H22O10/c1-5-27-20(25)28-16-12-8-6-10-14(16)18(23)31-32-19(24)15-11-7-9-13-17(15)29-21(26)30-22(2,3)4/h6-13H,5H2,1-4H3. The van der Waals surface area contributed by atoms with Crippen LogP contribution in [-0.2, 0) is 19.2 Å². The van der Waals surface area contributed by atoms with Crippen molar-refractivity contribution in [2.75, 3.05) is 6.61 Å². The second-order valence-electron chi connectivity index (χ2n) is 7.09. The highest BCUT2D eigenvalue weighted by atomic mass is 17.2. The Balaban J connectivity index is 2.07. The van der Waals surface area contributed by atoms with Gasteiger partial charge in [-0.15, -0.1) is 0 Å². The van der Waals surface area contributed by atoms with Crippen molar-refractivity contribution in [3.05, 3.63) is 59.7 Å². The highest BCUT2D eigenvalue weighted by molar-refractivity contribution is 5.96. The lowest BCUT2D eigenvalue weighted by atomic mass is 10.2. The zero-order valence-electron chi connectivity index (χ0n) is 17.9. The summed E-state index contributed by atoms with van der Waals surface area (Å²) in [5, 5.41) is 0. The van der Waals surface area contributed by atoms with Crippen LogP contribution in [0.4, 0.5) is 9.59 Å². The molecule has 0 saturated carbocycles. The van der Waals surface area contributed by atoms with Gasteiger partial charge in [-0.1, -0.05) is 24.3 Å². The minimum atomic E-state index is -1.11. The first-order valence-electron chi connectivity index (χ1n) is 9.47. The molecule has 0 N–H and O–H groups in total. The smallest absolute Gasteiger partial charge is 0.434 e. The molecule has 0 bridgehead atoms. The van der Waals surface area contributed by atoms with Gasteiger partial charge in [0.1, 0.15) is 28.2 Å². The molecule has 0 unspecified atom stereocenters. The van der Waals surface area contributed by atoms with E-state index in [-0.39, 0.29) is 29.2 Å². The van der Waals surface area contributed by atoms with E-state index in [0.717, 1.165) is 0 Å². The van der Waals surface area contributed by atoms with Gasteiger partial charge in [-0.3, -0.25) is 0 Å². The van der Waals surface area contributed by atoms with E-state index in [4.69, 9.17) is 14.2 Å². The molecule has 0 heterocycles. The fraction of sp³-hybridized carbons (Fsp3) is 0.273. The molecular formula is C22H22O10. The summed E-state index contributed by atoms with van der Waals surface area (Å²) >= 11 is 0. The average molecular weight is 446 g/mol. The molecule has 0 radical (unpaired) electrons. The third kappa shape index (κ3) is 7.31. The lowest BCUT2D eigenvalue weighted by molar-refractivity contribution is -0.187. The van der Waals surface area contributed by atoms with Gasteiger partial charge in [-0.05, 0) is 52.0 Å². The SMILES string of the molecule is CCOC(=O)Oc1ccccc1C(=O)OOC(=O)c1ccccc1OC(=O)OC(C)(C)C. The summed E-state index contributed by atoms with van der Waals surface area (Å²) in [4.78, 5) is 57.3. The molecule has 0 spiro atoms. The van der Waals surface area contributed by atoms with E-state index in [9.17, 15) is 19.2 Å². The normalized spacial score (nSPS) is 10.5. The molecule has 0 saturated heterocycles. The van der Waals surface area contributed by atoms with Gasteiger partial charge in [0.25, 0.3) is 0 Å². The van der Waals surface area contributed by atoms with E-state index >= 15 is 0 Å². The van der Waals surface area contributed by atoms with E-state index in [1.165, 1.54) is 48.5 Å². The highest BCUT2D eigenvalue weighted by Crippen LogP contribution is 2.23. The number of hydrogen-bond donors (Lipinski definition) is 0. The Kier molecular flexibility index (Phi) is 8.17. The molecule has 0 amide bonds. The second kappa shape index (κ2) is 10.8. The summed E-state index contributed by atoms with van der Waals surface area (Å²) in [5.41, 5.74) is -1.19. The van der Waals surface area contributed by atoms with Gasteiger partial charge in [0.05, 0.1) is 6.61 Å². The maximum atomic E-state index is 12.4. The van der Waals surface area contributed by atoms with E-state index in [1.54, 1.807) is 27.7 Å². The summed E-state index contributed by atoms with van der Waals surface area (Å²) < 4.78 is 19.7. The van der Waals surface area contributed by atoms with Crippen molar-refractivity contribution in [2.24, 2.45) is 0 Å². The number of carbonyl (C=O) groups excluding carboxylic acids is 4. The Labute approximate surface area is 183 Å². The van der Waals surface area contributed by atoms with E-state index in [2.05, 4.69) is 14.5 Å². The molecule has 2 aromatic rings. The molecule has 32 heavy (non-hydrogen) atoms. The molecule has 170 valence electrons. The van der Waals surface area contributed by atoms with Crippen LogP contribution < -0.4 is 9.47 Å². The summed E-state index contributed by atoms with van der Waals surface area (Å²) in [7, 11) is 0. The fourth-order valence-corrected chi connectivity index (χ4v) is 2.21. The second-order valence-corrected chi connectivity index (χ2v) is 7.09. The van der Waals surface area contributed by atoms with Crippen LogP contribution in [0.15, 0.2) is 48.5 Å². The first-order valence-corrected chi connectivity index (χ1v) is 9.47. The fourth-order valence-electron chi connectivity index (χ4n) is 2.21. The van der Waals surface area contributed by atoms with Gasteiger partial charge in [-0.2, -0.15) is 0 Å². The Morgan fingerprint density at radius 2 is 1.16 bits per heavy atom. The molecule has 0 aliphatic rings. The Bertz CT molecular complexity index is 990. The summed E-state index contributed by atoms with van der Waals surface area (Å²) in [6.45, 7) is 6.62. The molecular weight excluding hydrogens is 424 g/mol. The van der Waals surface area contributed by atoms with Crippen molar-refractivity contribution in [2.45, 2.75) is 33.3 Å². The van der Waals surface area contributed by atoms with Crippen LogP contribution in [-0.4, -0.2) is 36.5 Å². The number of hydrogen-bond acceptors (Lipinski definition) is 10. The van der Waals surface area contributed by atoms with Crippen LogP contribution in [0.25, 0.3) is 0 Å². The van der Waals surface area contributed by atoms with E-state index < -0.39 is 29.9 Å². The number of para-hydroxylation sites is 2. The molecule has 0 aliphatic carbocycles. The number of carbonyl (C=O) groups is 4. The quantitative estimate of drug-likeness (QED) is 0.281. The lowest BCUT2D eigenvalue weighted by Gasteiger charge is -2.19. The number of ether oxygens (including phenoxy) is 4. The monoisotopic (exact) mass is 446 g/mol. The third-order valence-electron chi connectivity index (χ3n) is 3.45. The number of rotatable bonds is 5. The molecule has 0 aromatic heterocycles. The van der Waals surface area contributed by atoms with Crippen LogP contribution >= 0.6 is 0 Å². The van der Waals surface area contributed by atoms with Gasteiger partial charge in [0, 0.05) is 0 Å². The summed E-state index contributed by atoms with van der Waals surface area (Å²) in [6, 6.07) is 11.3. The highest BCUT2D eigenvalue weighted by Gasteiger charge is 2.24. The van der Waals surface area contributed by atoms with Crippen molar-refractivity contribution >= 4 is 24.2 Å². The number of benzene rings is 2. The topological polar surface area (TPSA) is 124 Å². The van der Waals surface area contributed by atoms with E-state index in [0.29, 0.717) is 0 Å². The molecule has 10 heteroatoms. The van der Waals surface area contributed by atoms with Crippen LogP contribution in [0.5, 0.6) is 11.5 Å². The van der Waals surface area contributed by atoms with Crippen molar-refractivity contribution < 1.29 is 47.9 Å². The van der Waals surface area contributed by atoms with Gasteiger partial charge in [0.2, 0.25) is 0 Å². The van der Waals surface area contributed by atoms with Crippen molar-refractivity contribution in [1.82, 2.24) is 0 Å². The Hall–Kier alpha value is -4.08. The van der Waals surface area contributed by atoms with Crippen LogP contribution in [0.2, 0.25) is 0 Å². The third-order valence-corrected chi connectivity index (χ3v) is 3.45. The Morgan fingerprint density at radius 1 is 0.719 bits per heavy atom. The predicted octanol–water partition coefficient (Wildman–Crippen LogP) is 4.46. The molecule has 0 fully saturated rings. The molecule has 2 rings (SSSR count). The minimum Gasteiger partial charge on any atom is -0.434 e. The van der Waals surface area contributed by atoms with E-state index in [1.807, 2.05) is 0 Å². The predicted molar refractivity (Wildman–Crippen MR) is 108 cm³/mol. The lowest BCUT2D eigenvalue weighted by Crippen LogP contribution is -2.26. The largest absolute Gasteiger partial charge is 0.514 e. The molecule has 0 atom stereocenters. The van der Waals surface area contributed by atoms with Gasteiger partial charge >= 0.3 is 24.2 Å². The zero-order chi connectivity index (χ0) is 23.7. The first-order chi connectivity index (χ1) is 15.1. The van der Waals surface area contributed by atoms with Crippen molar-refractivity contribution in [1.29, 1.82) is 0 Å². The van der Waals surface area contributed by atoms with Gasteiger partial charge in [-0.25, -0.2) is 29.0 Å². The van der Waals surface area contributed by atoms with Crippen LogP contribution in [0, 0.1) is 0 Å². The maximum absolute atomic E-state index is 12.4. The summed E-state index contributed by atoms with van der Waals surface area (Å²) in [6.07, 6.45) is -2.04. The van der Waals surface area contributed by atoms with Gasteiger partial charge in [0.15, 0.2) is 0 Å². The first kappa shape index (κ1) is 24.2. The zero-order valence-corrected chi connectivity index (χ0v) is 17.9. The van der Waals surface area contributed by atoms with Gasteiger partial charge < -0.3 is 18.9 Å². The molecule has 10 nitrogen and oxygen atoms in total. The van der Waals surface area contributed by atoms with Crippen LogP contribution in [0.3, 0.4) is 0 Å². The van der Waals surface area contributed by atoms with Crippen molar-refractivity contribution in [3.63, 3.8) is 0 Å². The Morgan fingerprint density at radius 3 is 1.59 bits per heavy atom.